The molecule has 8 heteroatoms. The molecule has 0 N–H and O–H groups in total. The van der Waals surface area contributed by atoms with Crippen molar-refractivity contribution in [3.05, 3.63) is 33.3 Å². The molecule has 0 atom stereocenters. The van der Waals surface area contributed by atoms with Crippen molar-refractivity contribution in [1.82, 2.24) is 4.90 Å². The maximum Gasteiger partial charge on any atom is 0.271 e. The van der Waals surface area contributed by atoms with E-state index in [4.69, 9.17) is 16.3 Å². The molecule has 21 heavy (non-hydrogen) atoms. The Hall–Kier alpha value is -1.86. The van der Waals surface area contributed by atoms with Gasteiger partial charge in [0.2, 0.25) is 5.91 Å². The molecule has 1 aromatic rings. The van der Waals surface area contributed by atoms with Gasteiger partial charge in [-0.15, -0.1) is 0 Å². The number of ether oxygens (including phenoxy) is 1. The average molecular weight is 314 g/mol. The molecule has 0 spiro atoms. The van der Waals surface area contributed by atoms with Gasteiger partial charge in [-0.2, -0.15) is 0 Å². The van der Waals surface area contributed by atoms with Crippen LogP contribution in [-0.2, 0) is 9.53 Å². The number of nitro groups is 1. The summed E-state index contributed by atoms with van der Waals surface area (Å²) in [7, 11) is 1.73. The number of anilines is 1. The lowest BCUT2D eigenvalue weighted by molar-refractivity contribution is -0.384. The van der Waals surface area contributed by atoms with Gasteiger partial charge in [0, 0.05) is 32.3 Å². The zero-order valence-electron chi connectivity index (χ0n) is 11.6. The highest BCUT2D eigenvalue weighted by Gasteiger charge is 2.20. The molecule has 1 aromatic carbocycles. The Labute approximate surface area is 127 Å². The summed E-state index contributed by atoms with van der Waals surface area (Å²) in [4.78, 5) is 25.7. The molecule has 1 aliphatic rings. The SMILES string of the molecule is CN(CC(=O)N1CCOCC1)c1ccc([N+](=O)[O-])cc1Cl. The number of likely N-dealkylation sites (N-methyl/N-ethyl adjacent to an activating group) is 1. The monoisotopic (exact) mass is 313 g/mol. The number of morpholine rings is 1. The first-order valence-corrected chi connectivity index (χ1v) is 6.87. The quantitative estimate of drug-likeness (QED) is 0.622. The Balaban J connectivity index is 2.04. The van der Waals surface area contributed by atoms with Crippen molar-refractivity contribution in [1.29, 1.82) is 0 Å². The third kappa shape index (κ3) is 3.83. The van der Waals surface area contributed by atoms with Gasteiger partial charge in [0.15, 0.2) is 0 Å². The lowest BCUT2D eigenvalue weighted by atomic mass is 10.2. The average Bonchev–Trinajstić information content (AvgIpc) is 2.47. The zero-order chi connectivity index (χ0) is 15.4. The third-order valence-electron chi connectivity index (χ3n) is 3.29. The molecule has 1 heterocycles. The Kier molecular flexibility index (Phi) is 4.98. The number of nitrogens with zero attached hydrogens (tertiary/aromatic N) is 3. The van der Waals surface area contributed by atoms with Crippen molar-refractivity contribution in [3.63, 3.8) is 0 Å². The van der Waals surface area contributed by atoms with Crippen molar-refractivity contribution in [3.8, 4) is 0 Å². The van der Waals surface area contributed by atoms with Crippen molar-refractivity contribution in [2.24, 2.45) is 0 Å². The van der Waals surface area contributed by atoms with E-state index in [9.17, 15) is 14.9 Å². The van der Waals surface area contributed by atoms with Gasteiger partial charge in [0.1, 0.15) is 0 Å². The number of carbonyl (C=O) groups excluding carboxylic acids is 1. The Bertz CT molecular complexity index is 546. The summed E-state index contributed by atoms with van der Waals surface area (Å²) in [6, 6.07) is 4.20. The molecular formula is C13H16ClN3O4. The third-order valence-corrected chi connectivity index (χ3v) is 3.59. The summed E-state index contributed by atoms with van der Waals surface area (Å²) in [6.07, 6.45) is 0. The first kappa shape index (κ1) is 15.5. The number of rotatable bonds is 4. The summed E-state index contributed by atoms with van der Waals surface area (Å²) in [6.45, 7) is 2.43. The number of hydrogen-bond donors (Lipinski definition) is 0. The van der Waals surface area contributed by atoms with Crippen LogP contribution in [0.25, 0.3) is 0 Å². The van der Waals surface area contributed by atoms with Gasteiger partial charge in [-0.05, 0) is 6.07 Å². The molecule has 1 amide bonds. The van der Waals surface area contributed by atoms with Gasteiger partial charge in [-0.1, -0.05) is 11.6 Å². The predicted octanol–water partition coefficient (Wildman–Crippen LogP) is 1.54. The van der Waals surface area contributed by atoms with Crippen LogP contribution in [0.2, 0.25) is 5.02 Å². The molecule has 0 radical (unpaired) electrons. The largest absolute Gasteiger partial charge is 0.378 e. The minimum atomic E-state index is -0.505. The smallest absolute Gasteiger partial charge is 0.271 e. The van der Waals surface area contributed by atoms with E-state index in [-0.39, 0.29) is 23.2 Å². The van der Waals surface area contributed by atoms with Crippen LogP contribution in [0.15, 0.2) is 18.2 Å². The van der Waals surface area contributed by atoms with E-state index < -0.39 is 4.92 Å². The molecule has 0 bridgehead atoms. The highest BCUT2D eigenvalue weighted by atomic mass is 35.5. The summed E-state index contributed by atoms with van der Waals surface area (Å²) in [5, 5.41) is 10.9. The molecular weight excluding hydrogens is 298 g/mol. The number of halogens is 1. The van der Waals surface area contributed by atoms with Gasteiger partial charge in [-0.3, -0.25) is 14.9 Å². The van der Waals surface area contributed by atoms with Gasteiger partial charge >= 0.3 is 0 Å². The fourth-order valence-corrected chi connectivity index (χ4v) is 2.44. The maximum atomic E-state index is 12.1. The standard InChI is InChI=1S/C13H16ClN3O4/c1-15(9-13(18)16-4-6-21-7-5-16)12-3-2-10(17(19)20)8-11(12)14/h2-3,8H,4-7,9H2,1H3. The van der Waals surface area contributed by atoms with Crippen molar-refractivity contribution in [2.75, 3.05) is 44.8 Å². The van der Waals surface area contributed by atoms with Crippen LogP contribution >= 0.6 is 11.6 Å². The van der Waals surface area contributed by atoms with E-state index in [1.165, 1.54) is 12.1 Å². The van der Waals surface area contributed by atoms with Crippen LogP contribution in [-0.4, -0.2) is 55.6 Å². The highest BCUT2D eigenvalue weighted by molar-refractivity contribution is 6.33. The van der Waals surface area contributed by atoms with E-state index in [0.29, 0.717) is 32.0 Å². The second kappa shape index (κ2) is 6.73. The van der Waals surface area contributed by atoms with Crippen LogP contribution in [0.1, 0.15) is 0 Å². The summed E-state index contributed by atoms with van der Waals surface area (Å²) >= 11 is 6.05. The van der Waals surface area contributed by atoms with Crippen LogP contribution in [0.5, 0.6) is 0 Å². The van der Waals surface area contributed by atoms with Crippen LogP contribution in [0.3, 0.4) is 0 Å². The molecule has 1 fully saturated rings. The number of amides is 1. The normalized spacial score (nSPS) is 14.9. The topological polar surface area (TPSA) is 75.9 Å². The molecule has 114 valence electrons. The maximum absolute atomic E-state index is 12.1. The number of non-ortho nitro benzene ring substituents is 1. The van der Waals surface area contributed by atoms with Crippen molar-refractivity contribution in [2.45, 2.75) is 0 Å². The first-order valence-electron chi connectivity index (χ1n) is 6.49. The molecule has 1 aliphatic heterocycles. The van der Waals surface area contributed by atoms with Crippen LogP contribution in [0.4, 0.5) is 11.4 Å². The minimum absolute atomic E-state index is 0.0183. The van der Waals surface area contributed by atoms with Gasteiger partial charge in [0.05, 0.1) is 35.4 Å². The molecule has 0 aliphatic carbocycles. The zero-order valence-corrected chi connectivity index (χ0v) is 12.4. The number of benzene rings is 1. The predicted molar refractivity (Wildman–Crippen MR) is 78.8 cm³/mol. The van der Waals surface area contributed by atoms with Crippen molar-refractivity contribution < 1.29 is 14.5 Å². The fourth-order valence-electron chi connectivity index (χ4n) is 2.12. The molecule has 0 aromatic heterocycles. The summed E-state index contributed by atoms with van der Waals surface area (Å²) in [5.74, 6) is -0.0183. The number of nitro benzene ring substituents is 1. The van der Waals surface area contributed by atoms with E-state index in [1.807, 2.05) is 0 Å². The Morgan fingerprint density at radius 1 is 1.48 bits per heavy atom. The minimum Gasteiger partial charge on any atom is -0.378 e. The summed E-state index contributed by atoms with van der Waals surface area (Å²) < 4.78 is 5.20. The molecule has 7 nitrogen and oxygen atoms in total. The van der Waals surface area contributed by atoms with E-state index in [1.54, 1.807) is 22.9 Å². The second-order valence-electron chi connectivity index (χ2n) is 4.74. The van der Waals surface area contributed by atoms with Gasteiger partial charge < -0.3 is 14.5 Å². The summed E-state index contributed by atoms with van der Waals surface area (Å²) in [5.41, 5.74) is 0.514. The molecule has 1 saturated heterocycles. The van der Waals surface area contributed by atoms with Gasteiger partial charge in [0.25, 0.3) is 5.69 Å². The number of hydrogen-bond acceptors (Lipinski definition) is 5. The van der Waals surface area contributed by atoms with Crippen LogP contribution in [0, 0.1) is 10.1 Å². The number of carbonyl (C=O) groups is 1. The highest BCUT2D eigenvalue weighted by Crippen LogP contribution is 2.29. The molecule has 2 rings (SSSR count). The van der Waals surface area contributed by atoms with Crippen molar-refractivity contribution >= 4 is 28.9 Å². The van der Waals surface area contributed by atoms with Gasteiger partial charge in [-0.25, -0.2) is 0 Å². The lowest BCUT2D eigenvalue weighted by Crippen LogP contribution is -2.45. The Morgan fingerprint density at radius 3 is 2.71 bits per heavy atom. The van der Waals surface area contributed by atoms with E-state index >= 15 is 0 Å². The molecule has 0 saturated carbocycles. The second-order valence-corrected chi connectivity index (χ2v) is 5.15. The first-order chi connectivity index (χ1) is 9.99. The Morgan fingerprint density at radius 2 is 2.14 bits per heavy atom. The molecule has 0 unspecified atom stereocenters. The van der Waals surface area contributed by atoms with E-state index in [2.05, 4.69) is 0 Å². The lowest BCUT2D eigenvalue weighted by Gasteiger charge is -2.29. The van der Waals surface area contributed by atoms with E-state index in [0.717, 1.165) is 0 Å². The van der Waals surface area contributed by atoms with Crippen LogP contribution < -0.4 is 4.90 Å². The fraction of sp³-hybridized carbons (Fsp3) is 0.462.